The molecule has 7 heteroatoms. The van der Waals surface area contributed by atoms with Crippen molar-refractivity contribution >= 4 is 63.5 Å². The third-order valence-electron chi connectivity index (χ3n) is 3.68. The Labute approximate surface area is 163 Å². The molecule has 0 bridgehead atoms. The van der Waals surface area contributed by atoms with Gasteiger partial charge >= 0.3 is 0 Å². The van der Waals surface area contributed by atoms with E-state index < -0.39 is 11.8 Å². The second kappa shape index (κ2) is 6.93. The summed E-state index contributed by atoms with van der Waals surface area (Å²) < 4.78 is 0.626. The van der Waals surface area contributed by atoms with Crippen molar-refractivity contribution in [2.24, 2.45) is 0 Å². The first-order valence-electron chi connectivity index (χ1n) is 7.33. The SMILES string of the molecule is Cc1ccc(N2C(=O)C(=Cc3ccc(O)c(I)c3)C(=O)NC2=S)cc1. The van der Waals surface area contributed by atoms with Crippen LogP contribution in [0.5, 0.6) is 5.75 Å². The first kappa shape index (κ1) is 17.6. The third-order valence-corrected chi connectivity index (χ3v) is 4.83. The topological polar surface area (TPSA) is 69.6 Å². The van der Waals surface area contributed by atoms with Crippen LogP contribution in [0.4, 0.5) is 5.69 Å². The molecule has 0 aromatic heterocycles. The molecule has 1 aliphatic rings. The monoisotopic (exact) mass is 464 g/mol. The zero-order chi connectivity index (χ0) is 18.1. The van der Waals surface area contributed by atoms with Crippen LogP contribution in [0.1, 0.15) is 11.1 Å². The highest BCUT2D eigenvalue weighted by Gasteiger charge is 2.34. The molecule has 0 unspecified atom stereocenters. The van der Waals surface area contributed by atoms with Gasteiger partial charge in [0.05, 0.1) is 9.26 Å². The molecule has 3 rings (SSSR count). The summed E-state index contributed by atoms with van der Waals surface area (Å²) in [5, 5.41) is 12.2. The number of hydrogen-bond donors (Lipinski definition) is 2. The molecule has 2 amide bonds. The maximum atomic E-state index is 12.8. The van der Waals surface area contributed by atoms with Crippen LogP contribution in [0.2, 0.25) is 0 Å². The number of aryl methyl sites for hydroxylation is 1. The number of carbonyl (C=O) groups is 2. The molecule has 0 radical (unpaired) electrons. The van der Waals surface area contributed by atoms with Gasteiger partial charge in [0.2, 0.25) is 0 Å². The van der Waals surface area contributed by atoms with Crippen molar-refractivity contribution in [1.29, 1.82) is 0 Å². The van der Waals surface area contributed by atoms with E-state index in [1.165, 1.54) is 17.0 Å². The van der Waals surface area contributed by atoms with Crippen molar-refractivity contribution in [3.8, 4) is 5.75 Å². The van der Waals surface area contributed by atoms with Crippen LogP contribution in [0.15, 0.2) is 48.0 Å². The molecule has 2 aromatic carbocycles. The Morgan fingerprint density at radius 2 is 1.84 bits per heavy atom. The molecule has 0 aliphatic carbocycles. The normalized spacial score (nSPS) is 16.3. The third kappa shape index (κ3) is 3.57. The summed E-state index contributed by atoms with van der Waals surface area (Å²) in [5.74, 6) is -0.883. The molecule has 126 valence electrons. The number of aromatic hydroxyl groups is 1. The summed E-state index contributed by atoms with van der Waals surface area (Å²) in [6.07, 6.45) is 1.49. The van der Waals surface area contributed by atoms with E-state index in [1.807, 2.05) is 41.6 Å². The number of thiocarbonyl (C=S) groups is 1. The van der Waals surface area contributed by atoms with Crippen molar-refractivity contribution in [2.75, 3.05) is 4.90 Å². The van der Waals surface area contributed by atoms with Crippen LogP contribution in [0.3, 0.4) is 0 Å². The van der Waals surface area contributed by atoms with E-state index in [0.29, 0.717) is 14.8 Å². The maximum absolute atomic E-state index is 12.8. The average Bonchev–Trinajstić information content (AvgIpc) is 2.56. The lowest BCUT2D eigenvalue weighted by atomic mass is 10.1. The molecule has 0 saturated carbocycles. The number of rotatable bonds is 2. The van der Waals surface area contributed by atoms with Crippen molar-refractivity contribution in [2.45, 2.75) is 6.92 Å². The van der Waals surface area contributed by atoms with Crippen LogP contribution in [0, 0.1) is 10.5 Å². The van der Waals surface area contributed by atoms with Crippen molar-refractivity contribution in [1.82, 2.24) is 5.32 Å². The van der Waals surface area contributed by atoms with Crippen LogP contribution in [0.25, 0.3) is 6.08 Å². The van der Waals surface area contributed by atoms with Gasteiger partial charge in [-0.1, -0.05) is 23.8 Å². The highest BCUT2D eigenvalue weighted by Crippen LogP contribution is 2.25. The van der Waals surface area contributed by atoms with Crippen LogP contribution >= 0.6 is 34.8 Å². The molecule has 1 heterocycles. The summed E-state index contributed by atoms with van der Waals surface area (Å²) in [6.45, 7) is 1.94. The summed E-state index contributed by atoms with van der Waals surface area (Å²) in [7, 11) is 0. The molecule has 1 fully saturated rings. The summed E-state index contributed by atoms with van der Waals surface area (Å²) in [5.41, 5.74) is 2.26. The van der Waals surface area contributed by atoms with E-state index in [4.69, 9.17) is 12.2 Å². The van der Waals surface area contributed by atoms with Gasteiger partial charge in [-0.3, -0.25) is 19.8 Å². The van der Waals surface area contributed by atoms with Gasteiger partial charge in [0.25, 0.3) is 11.8 Å². The quantitative estimate of drug-likeness (QED) is 0.310. The van der Waals surface area contributed by atoms with Crippen molar-refractivity contribution < 1.29 is 14.7 Å². The molecule has 1 saturated heterocycles. The highest BCUT2D eigenvalue weighted by molar-refractivity contribution is 14.1. The van der Waals surface area contributed by atoms with Crippen LogP contribution in [-0.2, 0) is 9.59 Å². The van der Waals surface area contributed by atoms with Gasteiger partial charge < -0.3 is 5.11 Å². The molecule has 25 heavy (non-hydrogen) atoms. The van der Waals surface area contributed by atoms with Gasteiger partial charge in [0, 0.05) is 0 Å². The van der Waals surface area contributed by atoms with Crippen LogP contribution < -0.4 is 10.2 Å². The zero-order valence-corrected chi connectivity index (χ0v) is 16.1. The summed E-state index contributed by atoms with van der Waals surface area (Å²) in [6, 6.07) is 12.1. The number of halogens is 1. The largest absolute Gasteiger partial charge is 0.507 e. The number of amides is 2. The number of phenols is 1. The lowest BCUT2D eigenvalue weighted by Crippen LogP contribution is -2.54. The standard InChI is InChI=1S/C18H13IN2O3S/c1-10-2-5-12(6-3-10)21-17(24)13(16(23)20-18(21)25)8-11-4-7-15(22)14(19)9-11/h2-9,22H,1H3,(H,20,23,25). The number of hydrogen-bond acceptors (Lipinski definition) is 4. The van der Waals surface area contributed by atoms with E-state index in [9.17, 15) is 14.7 Å². The number of phenolic OH excluding ortho intramolecular Hbond substituents is 1. The summed E-state index contributed by atoms with van der Waals surface area (Å²) >= 11 is 7.14. The fourth-order valence-electron chi connectivity index (χ4n) is 2.37. The molecular formula is C18H13IN2O3S. The zero-order valence-electron chi connectivity index (χ0n) is 13.1. The molecule has 2 aromatic rings. The first-order valence-corrected chi connectivity index (χ1v) is 8.82. The van der Waals surface area contributed by atoms with Gasteiger partial charge in [-0.15, -0.1) is 0 Å². The Morgan fingerprint density at radius 3 is 2.48 bits per heavy atom. The second-order valence-corrected chi connectivity index (χ2v) is 7.05. The predicted octanol–water partition coefficient (Wildman–Crippen LogP) is 3.14. The number of carbonyl (C=O) groups excluding carboxylic acids is 2. The molecular weight excluding hydrogens is 451 g/mol. The van der Waals surface area contributed by atoms with Gasteiger partial charge in [-0.2, -0.15) is 0 Å². The maximum Gasteiger partial charge on any atom is 0.270 e. The van der Waals surface area contributed by atoms with E-state index >= 15 is 0 Å². The van der Waals surface area contributed by atoms with Gasteiger partial charge in [0.15, 0.2) is 5.11 Å². The summed E-state index contributed by atoms with van der Waals surface area (Å²) in [4.78, 5) is 26.4. The van der Waals surface area contributed by atoms with Crippen molar-refractivity contribution in [3.05, 3.63) is 62.7 Å². The number of nitrogens with one attached hydrogen (secondary N) is 1. The first-order chi connectivity index (χ1) is 11.9. The van der Waals surface area contributed by atoms with E-state index in [1.54, 1.807) is 24.3 Å². The van der Waals surface area contributed by atoms with E-state index in [0.717, 1.165) is 5.56 Å². The number of anilines is 1. The minimum Gasteiger partial charge on any atom is -0.507 e. The lowest BCUT2D eigenvalue weighted by molar-refractivity contribution is -0.122. The van der Waals surface area contributed by atoms with Crippen molar-refractivity contribution in [3.63, 3.8) is 0 Å². The van der Waals surface area contributed by atoms with Gasteiger partial charge in [0.1, 0.15) is 11.3 Å². The second-order valence-electron chi connectivity index (χ2n) is 5.50. The van der Waals surface area contributed by atoms with Crippen LogP contribution in [-0.4, -0.2) is 22.0 Å². The predicted molar refractivity (Wildman–Crippen MR) is 108 cm³/mol. The molecule has 2 N–H and O–H groups in total. The molecule has 1 aliphatic heterocycles. The average molecular weight is 464 g/mol. The minimum atomic E-state index is -0.540. The van der Waals surface area contributed by atoms with Gasteiger partial charge in [-0.25, -0.2) is 0 Å². The number of nitrogens with zero attached hydrogens (tertiary/aromatic N) is 1. The lowest BCUT2D eigenvalue weighted by Gasteiger charge is -2.29. The van der Waals surface area contributed by atoms with Gasteiger partial charge in [-0.05, 0) is 77.6 Å². The fourth-order valence-corrected chi connectivity index (χ4v) is 3.19. The Hall–Kier alpha value is -2.26. The van der Waals surface area contributed by atoms with E-state index in [2.05, 4.69) is 5.32 Å². The van der Waals surface area contributed by atoms with E-state index in [-0.39, 0.29) is 16.4 Å². The highest BCUT2D eigenvalue weighted by atomic mass is 127. The molecule has 0 spiro atoms. The fraction of sp³-hybridized carbons (Fsp3) is 0.0556. The smallest absolute Gasteiger partial charge is 0.270 e. The Balaban J connectivity index is 2.01. The Morgan fingerprint density at radius 1 is 1.16 bits per heavy atom. The number of benzene rings is 2. The molecule has 5 nitrogen and oxygen atoms in total. The molecule has 0 atom stereocenters. The minimum absolute atomic E-state index is 0.0179. The Kier molecular flexibility index (Phi) is 4.87. The Bertz CT molecular complexity index is 922.